The molecule has 0 atom stereocenters. The van der Waals surface area contributed by atoms with Gasteiger partial charge in [-0.2, -0.15) is 0 Å². The molecule has 20 heavy (non-hydrogen) atoms. The van der Waals surface area contributed by atoms with Crippen LogP contribution in [0.2, 0.25) is 0 Å². The van der Waals surface area contributed by atoms with Crippen molar-refractivity contribution in [1.82, 2.24) is 9.97 Å². The summed E-state index contributed by atoms with van der Waals surface area (Å²) in [5, 5.41) is 14.4. The third kappa shape index (κ3) is 3.52. The summed E-state index contributed by atoms with van der Waals surface area (Å²) >= 11 is 0. The van der Waals surface area contributed by atoms with Gasteiger partial charge in [0, 0.05) is 18.3 Å². The Labute approximate surface area is 114 Å². The van der Waals surface area contributed by atoms with Crippen LogP contribution in [0.5, 0.6) is 0 Å². The number of rotatable bonds is 4. The second-order valence-corrected chi connectivity index (χ2v) is 3.98. The summed E-state index contributed by atoms with van der Waals surface area (Å²) in [6, 6.07) is 6.96. The van der Waals surface area contributed by atoms with E-state index >= 15 is 0 Å². The molecular formula is C13H12N4O3. The number of aromatic carboxylic acids is 1. The first kappa shape index (κ1) is 13.5. The largest absolute Gasteiger partial charge is 0.476 e. The fraction of sp³-hybridized carbons (Fsp3) is 0.0769. The van der Waals surface area contributed by atoms with E-state index in [2.05, 4.69) is 20.6 Å². The number of carboxylic acid groups (broad SMARTS) is 1. The zero-order valence-electron chi connectivity index (χ0n) is 10.6. The Balaban J connectivity index is 2.19. The Hall–Kier alpha value is -2.96. The van der Waals surface area contributed by atoms with Gasteiger partial charge in [-0.3, -0.25) is 9.78 Å². The van der Waals surface area contributed by atoms with Gasteiger partial charge in [0.2, 0.25) is 5.91 Å². The van der Waals surface area contributed by atoms with Crippen LogP contribution in [0.3, 0.4) is 0 Å². The lowest BCUT2D eigenvalue weighted by Crippen LogP contribution is -2.06. The first-order valence-electron chi connectivity index (χ1n) is 5.74. The second kappa shape index (κ2) is 5.79. The summed E-state index contributed by atoms with van der Waals surface area (Å²) in [4.78, 5) is 29.5. The molecule has 0 radical (unpaired) electrons. The average molecular weight is 272 g/mol. The number of hydrogen-bond acceptors (Lipinski definition) is 5. The molecule has 1 aromatic carbocycles. The Kier molecular flexibility index (Phi) is 3.90. The minimum atomic E-state index is -1.15. The van der Waals surface area contributed by atoms with Crippen molar-refractivity contribution in [2.45, 2.75) is 6.92 Å². The Morgan fingerprint density at radius 2 is 1.95 bits per heavy atom. The van der Waals surface area contributed by atoms with Crippen molar-refractivity contribution in [3.63, 3.8) is 0 Å². The van der Waals surface area contributed by atoms with Gasteiger partial charge in [-0.25, -0.2) is 9.78 Å². The van der Waals surface area contributed by atoms with E-state index < -0.39 is 5.97 Å². The standard InChI is InChI=1S/C13H12N4O3/c1-8(18)15-9-3-2-4-10(5-9)16-12-7-14-6-11(17-12)13(19)20/h2-7H,1H3,(H,15,18)(H,16,17)(H,19,20). The maximum atomic E-state index is 11.0. The van der Waals surface area contributed by atoms with Crippen molar-refractivity contribution in [2.24, 2.45) is 0 Å². The summed E-state index contributed by atoms with van der Waals surface area (Å²) < 4.78 is 0. The van der Waals surface area contributed by atoms with Gasteiger partial charge in [-0.05, 0) is 18.2 Å². The van der Waals surface area contributed by atoms with E-state index in [1.165, 1.54) is 19.3 Å². The summed E-state index contributed by atoms with van der Waals surface area (Å²) in [5.41, 5.74) is 1.14. The molecule has 102 valence electrons. The normalized spacial score (nSPS) is 9.85. The van der Waals surface area contributed by atoms with Crippen LogP contribution in [-0.4, -0.2) is 27.0 Å². The number of hydrogen-bond donors (Lipinski definition) is 3. The van der Waals surface area contributed by atoms with E-state index in [1.54, 1.807) is 24.3 Å². The highest BCUT2D eigenvalue weighted by molar-refractivity contribution is 5.89. The van der Waals surface area contributed by atoms with E-state index in [4.69, 9.17) is 5.11 Å². The van der Waals surface area contributed by atoms with Gasteiger partial charge in [-0.15, -0.1) is 0 Å². The number of carbonyl (C=O) groups excluding carboxylic acids is 1. The molecule has 1 aromatic heterocycles. The highest BCUT2D eigenvalue weighted by Gasteiger charge is 2.06. The van der Waals surface area contributed by atoms with E-state index in [1.807, 2.05) is 0 Å². The molecule has 7 heteroatoms. The molecule has 7 nitrogen and oxygen atoms in total. The SMILES string of the molecule is CC(=O)Nc1cccc(Nc2cncc(C(=O)O)n2)c1. The van der Waals surface area contributed by atoms with Crippen LogP contribution in [0.1, 0.15) is 17.4 Å². The smallest absolute Gasteiger partial charge is 0.356 e. The van der Waals surface area contributed by atoms with Crippen LogP contribution in [0.25, 0.3) is 0 Å². The lowest BCUT2D eigenvalue weighted by Gasteiger charge is -2.08. The van der Waals surface area contributed by atoms with Crippen molar-refractivity contribution < 1.29 is 14.7 Å². The number of amides is 1. The average Bonchev–Trinajstić information content (AvgIpc) is 2.38. The summed E-state index contributed by atoms with van der Waals surface area (Å²) in [6.07, 6.45) is 2.58. The highest BCUT2D eigenvalue weighted by Crippen LogP contribution is 2.18. The van der Waals surface area contributed by atoms with Gasteiger partial charge < -0.3 is 15.7 Å². The van der Waals surface area contributed by atoms with E-state index in [9.17, 15) is 9.59 Å². The van der Waals surface area contributed by atoms with Crippen LogP contribution in [0.15, 0.2) is 36.7 Å². The van der Waals surface area contributed by atoms with Crippen LogP contribution >= 0.6 is 0 Å². The molecular weight excluding hydrogens is 260 g/mol. The molecule has 2 aromatic rings. The molecule has 0 unspecified atom stereocenters. The number of carboxylic acids is 1. The maximum absolute atomic E-state index is 11.0. The molecule has 0 aliphatic rings. The monoisotopic (exact) mass is 272 g/mol. The zero-order chi connectivity index (χ0) is 14.5. The second-order valence-electron chi connectivity index (χ2n) is 3.98. The third-order valence-corrected chi connectivity index (χ3v) is 2.31. The van der Waals surface area contributed by atoms with Gasteiger partial charge in [-0.1, -0.05) is 6.07 Å². The Morgan fingerprint density at radius 3 is 2.65 bits per heavy atom. The first-order valence-corrected chi connectivity index (χ1v) is 5.74. The Morgan fingerprint density at radius 1 is 1.20 bits per heavy atom. The third-order valence-electron chi connectivity index (χ3n) is 2.31. The number of nitrogens with one attached hydrogen (secondary N) is 2. The molecule has 0 fully saturated rings. The van der Waals surface area contributed by atoms with Gasteiger partial charge in [0.1, 0.15) is 5.82 Å². The molecule has 2 rings (SSSR count). The maximum Gasteiger partial charge on any atom is 0.356 e. The Bertz CT molecular complexity index is 658. The minimum Gasteiger partial charge on any atom is -0.476 e. The molecule has 0 aliphatic heterocycles. The fourth-order valence-electron chi connectivity index (χ4n) is 1.56. The van der Waals surface area contributed by atoms with Gasteiger partial charge in [0.25, 0.3) is 0 Å². The van der Waals surface area contributed by atoms with Crippen LogP contribution in [0, 0.1) is 0 Å². The summed E-state index contributed by atoms with van der Waals surface area (Å²) in [7, 11) is 0. The van der Waals surface area contributed by atoms with Crippen LogP contribution in [0.4, 0.5) is 17.2 Å². The van der Waals surface area contributed by atoms with E-state index in [0.717, 1.165) is 0 Å². The van der Waals surface area contributed by atoms with E-state index in [-0.39, 0.29) is 11.6 Å². The molecule has 0 saturated heterocycles. The zero-order valence-corrected chi connectivity index (χ0v) is 10.6. The summed E-state index contributed by atoms with van der Waals surface area (Å²) in [6.45, 7) is 1.42. The molecule has 0 bridgehead atoms. The predicted molar refractivity (Wildman–Crippen MR) is 73.0 cm³/mol. The number of anilines is 3. The molecule has 0 spiro atoms. The number of carbonyl (C=O) groups is 2. The highest BCUT2D eigenvalue weighted by atomic mass is 16.4. The van der Waals surface area contributed by atoms with Crippen molar-refractivity contribution in [3.05, 3.63) is 42.4 Å². The number of aromatic nitrogens is 2. The molecule has 3 N–H and O–H groups in total. The van der Waals surface area contributed by atoms with Crippen LogP contribution < -0.4 is 10.6 Å². The van der Waals surface area contributed by atoms with Gasteiger partial charge >= 0.3 is 5.97 Å². The van der Waals surface area contributed by atoms with Gasteiger partial charge in [0.15, 0.2) is 5.69 Å². The summed E-state index contributed by atoms with van der Waals surface area (Å²) in [5.74, 6) is -1.01. The minimum absolute atomic E-state index is 0.145. The predicted octanol–water partition coefficient (Wildman–Crippen LogP) is 1.88. The van der Waals surface area contributed by atoms with Gasteiger partial charge in [0.05, 0.1) is 12.4 Å². The van der Waals surface area contributed by atoms with Crippen molar-refractivity contribution in [2.75, 3.05) is 10.6 Å². The van der Waals surface area contributed by atoms with Crippen molar-refractivity contribution in [3.8, 4) is 0 Å². The first-order chi connectivity index (χ1) is 9.54. The lowest BCUT2D eigenvalue weighted by atomic mass is 10.2. The van der Waals surface area contributed by atoms with Crippen molar-refractivity contribution >= 4 is 29.1 Å². The number of nitrogens with zero attached hydrogens (tertiary/aromatic N) is 2. The van der Waals surface area contributed by atoms with E-state index in [0.29, 0.717) is 17.2 Å². The number of benzene rings is 1. The van der Waals surface area contributed by atoms with Crippen molar-refractivity contribution in [1.29, 1.82) is 0 Å². The quantitative estimate of drug-likeness (QED) is 0.785. The molecule has 0 saturated carbocycles. The topological polar surface area (TPSA) is 104 Å². The fourth-order valence-corrected chi connectivity index (χ4v) is 1.56. The molecule has 1 amide bonds. The molecule has 0 aliphatic carbocycles. The lowest BCUT2D eigenvalue weighted by molar-refractivity contribution is -0.114. The van der Waals surface area contributed by atoms with Crippen LogP contribution in [-0.2, 0) is 4.79 Å². The molecule has 1 heterocycles.